The Morgan fingerprint density at radius 3 is 2.48 bits per heavy atom. The smallest absolute Gasteiger partial charge is 0.355 e. The fraction of sp³-hybridized carbons (Fsp3) is 0.278. The van der Waals surface area contributed by atoms with E-state index in [-0.39, 0.29) is 11.5 Å². The quantitative estimate of drug-likeness (QED) is 0.608. The molecule has 2 rings (SSSR count). The van der Waals surface area contributed by atoms with E-state index in [1.807, 2.05) is 19.1 Å². The van der Waals surface area contributed by atoms with Crippen LogP contribution in [0.25, 0.3) is 0 Å². The first kappa shape index (κ1) is 18.9. The summed E-state index contributed by atoms with van der Waals surface area (Å²) in [6.07, 6.45) is 0.559. The second-order valence-electron chi connectivity index (χ2n) is 5.80. The Balaban J connectivity index is 2.05. The molecule has 1 heterocycles. The number of esters is 1. The van der Waals surface area contributed by atoms with E-state index in [9.17, 15) is 14.4 Å². The summed E-state index contributed by atoms with van der Waals surface area (Å²) in [6, 6.07) is 6.96. The van der Waals surface area contributed by atoms with Crippen molar-refractivity contribution in [2.75, 3.05) is 5.32 Å². The van der Waals surface area contributed by atoms with Crippen LogP contribution in [0.15, 0.2) is 34.9 Å². The molecule has 0 saturated heterocycles. The van der Waals surface area contributed by atoms with Gasteiger partial charge in [-0.3, -0.25) is 9.59 Å². The number of benzene rings is 1. The van der Waals surface area contributed by atoms with Gasteiger partial charge in [0.25, 0.3) is 5.91 Å². The third-order valence-corrected chi connectivity index (χ3v) is 4.31. The molecule has 7 heteroatoms. The molecule has 1 atom stereocenters. The Morgan fingerprint density at radius 1 is 1.24 bits per heavy atom. The molecule has 0 aliphatic rings. The van der Waals surface area contributed by atoms with Crippen LogP contribution < -0.4 is 5.32 Å². The lowest BCUT2D eigenvalue weighted by Gasteiger charge is -2.14. The van der Waals surface area contributed by atoms with Crippen LogP contribution in [0, 0.1) is 6.92 Å². The third kappa shape index (κ3) is 4.57. The van der Waals surface area contributed by atoms with E-state index in [0.29, 0.717) is 11.3 Å². The monoisotopic (exact) mass is 406 g/mol. The SMILES string of the molecule is CC(=O)c1cc(C(=O)O[C@H](C)C(=O)Nc2ccc(C)cc2Br)n(C)c1. The number of aryl methyl sites for hydroxylation is 2. The van der Waals surface area contributed by atoms with Gasteiger partial charge in [0.2, 0.25) is 0 Å². The maximum atomic E-state index is 12.2. The number of hydrogen-bond acceptors (Lipinski definition) is 4. The number of anilines is 1. The molecule has 1 aromatic heterocycles. The minimum atomic E-state index is -0.989. The number of hydrogen-bond donors (Lipinski definition) is 1. The molecule has 2 aromatic rings. The number of rotatable bonds is 5. The van der Waals surface area contributed by atoms with E-state index in [0.717, 1.165) is 10.0 Å². The average Bonchev–Trinajstić information content (AvgIpc) is 2.92. The highest BCUT2D eigenvalue weighted by molar-refractivity contribution is 9.10. The Labute approximate surface area is 154 Å². The number of aromatic nitrogens is 1. The van der Waals surface area contributed by atoms with Crippen molar-refractivity contribution in [3.63, 3.8) is 0 Å². The molecule has 0 fully saturated rings. The molecule has 132 valence electrons. The standard InChI is InChI=1S/C18H19BrN2O4/c1-10-5-6-15(14(19)7-10)20-17(23)12(3)25-18(24)16-8-13(11(2)22)9-21(16)4/h5-9,12H,1-4H3,(H,20,23)/t12-/m1/s1. The molecule has 6 nitrogen and oxygen atoms in total. The van der Waals surface area contributed by atoms with E-state index >= 15 is 0 Å². The maximum absolute atomic E-state index is 12.2. The highest BCUT2D eigenvalue weighted by Gasteiger charge is 2.22. The Morgan fingerprint density at radius 2 is 1.92 bits per heavy atom. The van der Waals surface area contributed by atoms with E-state index < -0.39 is 18.0 Å². The molecule has 1 amide bonds. The Hall–Kier alpha value is -2.41. The van der Waals surface area contributed by atoms with Crippen LogP contribution in [0.1, 0.15) is 40.3 Å². The van der Waals surface area contributed by atoms with Gasteiger partial charge in [0.05, 0.1) is 5.69 Å². The first-order chi connectivity index (χ1) is 11.7. The molecule has 0 spiro atoms. The molecule has 0 radical (unpaired) electrons. The first-order valence-electron chi connectivity index (χ1n) is 7.64. The van der Waals surface area contributed by atoms with Gasteiger partial charge in [0, 0.05) is 23.3 Å². The van der Waals surface area contributed by atoms with Gasteiger partial charge in [-0.15, -0.1) is 0 Å². The van der Waals surface area contributed by atoms with Crippen molar-refractivity contribution in [1.82, 2.24) is 4.57 Å². The predicted molar refractivity (Wildman–Crippen MR) is 97.8 cm³/mol. The molecular formula is C18H19BrN2O4. The van der Waals surface area contributed by atoms with Crippen LogP contribution in [0.5, 0.6) is 0 Å². The van der Waals surface area contributed by atoms with Gasteiger partial charge >= 0.3 is 5.97 Å². The molecule has 1 aromatic carbocycles. The average molecular weight is 407 g/mol. The predicted octanol–water partition coefficient (Wildman–Crippen LogP) is 3.48. The van der Waals surface area contributed by atoms with Crippen molar-refractivity contribution < 1.29 is 19.1 Å². The van der Waals surface area contributed by atoms with Crippen molar-refractivity contribution in [3.05, 3.63) is 51.8 Å². The molecule has 0 bridgehead atoms. The summed E-state index contributed by atoms with van der Waals surface area (Å²) in [5.41, 5.74) is 2.27. The number of ether oxygens (including phenoxy) is 1. The lowest BCUT2D eigenvalue weighted by atomic mass is 10.2. The highest BCUT2D eigenvalue weighted by Crippen LogP contribution is 2.23. The van der Waals surface area contributed by atoms with Crippen LogP contribution in [-0.4, -0.2) is 28.3 Å². The van der Waals surface area contributed by atoms with Crippen molar-refractivity contribution in [2.45, 2.75) is 26.9 Å². The number of ketones is 1. The van der Waals surface area contributed by atoms with Gasteiger partial charge in [-0.05, 0) is 60.5 Å². The fourth-order valence-electron chi connectivity index (χ4n) is 2.19. The van der Waals surface area contributed by atoms with E-state index in [2.05, 4.69) is 21.2 Å². The van der Waals surface area contributed by atoms with Crippen LogP contribution in [0.3, 0.4) is 0 Å². The van der Waals surface area contributed by atoms with Gasteiger partial charge < -0.3 is 14.6 Å². The van der Waals surface area contributed by atoms with Crippen molar-refractivity contribution >= 4 is 39.3 Å². The maximum Gasteiger partial charge on any atom is 0.355 e. The largest absolute Gasteiger partial charge is 0.448 e. The zero-order valence-corrected chi connectivity index (χ0v) is 16.0. The summed E-state index contributed by atoms with van der Waals surface area (Å²) in [4.78, 5) is 35.9. The topological polar surface area (TPSA) is 77.4 Å². The van der Waals surface area contributed by atoms with Crippen molar-refractivity contribution in [3.8, 4) is 0 Å². The third-order valence-electron chi connectivity index (χ3n) is 3.66. The first-order valence-corrected chi connectivity index (χ1v) is 8.43. The minimum absolute atomic E-state index is 0.148. The van der Waals surface area contributed by atoms with Crippen LogP contribution in [-0.2, 0) is 16.6 Å². The summed E-state index contributed by atoms with van der Waals surface area (Å²) in [5, 5.41) is 2.71. The van der Waals surface area contributed by atoms with Crippen molar-refractivity contribution in [1.29, 1.82) is 0 Å². The molecule has 0 aliphatic carbocycles. The van der Waals surface area contributed by atoms with Crippen LogP contribution in [0.2, 0.25) is 0 Å². The lowest BCUT2D eigenvalue weighted by Crippen LogP contribution is -2.30. The molecule has 0 saturated carbocycles. The van der Waals surface area contributed by atoms with Gasteiger partial charge in [-0.25, -0.2) is 4.79 Å². The van der Waals surface area contributed by atoms with Gasteiger partial charge in [-0.2, -0.15) is 0 Å². The molecule has 0 unspecified atom stereocenters. The summed E-state index contributed by atoms with van der Waals surface area (Å²) in [6.45, 7) is 4.85. The number of nitrogens with one attached hydrogen (secondary N) is 1. The molecule has 1 N–H and O–H groups in total. The zero-order chi connectivity index (χ0) is 18.7. The second-order valence-corrected chi connectivity index (χ2v) is 6.66. The van der Waals surface area contributed by atoms with E-state index in [1.165, 1.54) is 24.5 Å². The van der Waals surface area contributed by atoms with Gasteiger partial charge in [-0.1, -0.05) is 6.07 Å². The Bertz CT molecular complexity index is 842. The second kappa shape index (κ2) is 7.65. The summed E-state index contributed by atoms with van der Waals surface area (Å²) >= 11 is 3.38. The number of carbonyl (C=O) groups is 3. The van der Waals surface area contributed by atoms with Gasteiger partial charge in [0.15, 0.2) is 11.9 Å². The van der Waals surface area contributed by atoms with Crippen LogP contribution in [0.4, 0.5) is 5.69 Å². The number of nitrogens with zero attached hydrogens (tertiary/aromatic N) is 1. The Kier molecular flexibility index (Phi) is 5.79. The molecule has 0 aliphatic heterocycles. The van der Waals surface area contributed by atoms with Gasteiger partial charge in [0.1, 0.15) is 5.69 Å². The highest BCUT2D eigenvalue weighted by atomic mass is 79.9. The summed E-state index contributed by atoms with van der Waals surface area (Å²) in [7, 11) is 1.64. The normalized spacial score (nSPS) is 11.7. The minimum Gasteiger partial charge on any atom is -0.448 e. The lowest BCUT2D eigenvalue weighted by molar-refractivity contribution is -0.123. The van der Waals surface area contributed by atoms with Crippen molar-refractivity contribution in [2.24, 2.45) is 7.05 Å². The zero-order valence-electron chi connectivity index (χ0n) is 14.4. The number of carbonyl (C=O) groups excluding carboxylic acids is 3. The van der Waals surface area contributed by atoms with Crippen LogP contribution >= 0.6 is 15.9 Å². The fourth-order valence-corrected chi connectivity index (χ4v) is 2.78. The van der Waals surface area contributed by atoms with E-state index in [4.69, 9.17) is 4.74 Å². The van der Waals surface area contributed by atoms with E-state index in [1.54, 1.807) is 19.3 Å². The number of halogens is 1. The molecule has 25 heavy (non-hydrogen) atoms. The number of Topliss-reactive ketones (excluding diaryl/α,β-unsaturated/α-hetero) is 1. The number of amides is 1. The summed E-state index contributed by atoms with van der Waals surface area (Å²) in [5.74, 6) is -1.26. The summed E-state index contributed by atoms with van der Waals surface area (Å²) < 4.78 is 7.45. The molecular weight excluding hydrogens is 388 g/mol.